The number of nitrogens with one attached hydrogen (secondary N) is 1. The number of rotatable bonds is 3. The molecule has 12 heteroatoms. The molecule has 0 saturated carbocycles. The van der Waals surface area contributed by atoms with E-state index < -0.39 is 12.0 Å². The van der Waals surface area contributed by atoms with Crippen molar-refractivity contribution in [1.82, 2.24) is 30.0 Å². The number of benzene rings is 1. The normalized spacial score (nSPS) is 15.1. The number of nitrogens with zero attached hydrogens (tertiary/aromatic N) is 7. The molecule has 1 aromatic carbocycles. The number of alkyl halides is 3. The van der Waals surface area contributed by atoms with Gasteiger partial charge in [0.05, 0.1) is 5.69 Å². The fraction of sp³-hybridized carbons (Fsp3) is 0.263. The molecular formula is C19H16ClF3N8. The Morgan fingerprint density at radius 1 is 0.903 bits per heavy atom. The van der Waals surface area contributed by atoms with E-state index in [0.717, 1.165) is 21.6 Å². The molecular weight excluding hydrogens is 433 g/mol. The van der Waals surface area contributed by atoms with Crippen LogP contribution < -0.4 is 9.80 Å². The molecule has 0 aliphatic carbocycles. The van der Waals surface area contributed by atoms with Gasteiger partial charge in [-0.05, 0) is 24.3 Å². The molecule has 0 spiro atoms. The number of aromatic amines is 1. The van der Waals surface area contributed by atoms with Crippen LogP contribution in [-0.4, -0.2) is 56.2 Å². The van der Waals surface area contributed by atoms with Gasteiger partial charge >= 0.3 is 6.18 Å². The predicted octanol–water partition coefficient (Wildman–Crippen LogP) is 3.51. The molecule has 1 aliphatic heterocycles. The second kappa shape index (κ2) is 7.41. The lowest BCUT2D eigenvalue weighted by Crippen LogP contribution is -2.47. The van der Waals surface area contributed by atoms with Gasteiger partial charge in [0.2, 0.25) is 0 Å². The highest BCUT2D eigenvalue weighted by Crippen LogP contribution is 2.28. The van der Waals surface area contributed by atoms with Gasteiger partial charge in [0, 0.05) is 42.8 Å². The highest BCUT2D eigenvalue weighted by molar-refractivity contribution is 6.30. The van der Waals surface area contributed by atoms with E-state index in [-0.39, 0.29) is 5.65 Å². The minimum absolute atomic E-state index is 0.0554. The molecule has 1 aliphatic rings. The number of hydrogen-bond donors (Lipinski definition) is 1. The zero-order chi connectivity index (χ0) is 21.6. The average molecular weight is 449 g/mol. The summed E-state index contributed by atoms with van der Waals surface area (Å²) in [4.78, 5) is 4.04. The third-order valence-corrected chi connectivity index (χ3v) is 5.37. The van der Waals surface area contributed by atoms with Crippen molar-refractivity contribution >= 4 is 28.9 Å². The number of fused-ring (bicyclic) bond motifs is 1. The molecule has 4 aromatic rings. The molecule has 4 heterocycles. The van der Waals surface area contributed by atoms with Gasteiger partial charge in [-0.1, -0.05) is 23.7 Å². The molecule has 0 unspecified atom stereocenters. The summed E-state index contributed by atoms with van der Waals surface area (Å²) in [6.45, 7) is 2.46. The van der Waals surface area contributed by atoms with Crippen LogP contribution in [0.3, 0.4) is 0 Å². The first kappa shape index (κ1) is 19.6. The van der Waals surface area contributed by atoms with Crippen LogP contribution in [0.15, 0.2) is 42.5 Å². The minimum atomic E-state index is -4.62. The molecule has 1 saturated heterocycles. The number of piperazine rings is 1. The van der Waals surface area contributed by atoms with Crippen LogP contribution in [0.25, 0.3) is 16.9 Å². The molecule has 8 nitrogen and oxygen atoms in total. The van der Waals surface area contributed by atoms with Gasteiger partial charge < -0.3 is 9.80 Å². The highest BCUT2D eigenvalue weighted by Gasteiger charge is 2.38. The number of hydrogen-bond acceptors (Lipinski definition) is 6. The Morgan fingerprint density at radius 3 is 2.35 bits per heavy atom. The average Bonchev–Trinajstić information content (AvgIpc) is 3.41. The fourth-order valence-corrected chi connectivity index (χ4v) is 3.76. The predicted molar refractivity (Wildman–Crippen MR) is 109 cm³/mol. The second-order valence-corrected chi connectivity index (χ2v) is 7.54. The van der Waals surface area contributed by atoms with Crippen molar-refractivity contribution in [2.24, 2.45) is 0 Å². The van der Waals surface area contributed by atoms with E-state index in [1.165, 1.54) is 6.07 Å². The molecule has 0 amide bonds. The monoisotopic (exact) mass is 448 g/mol. The lowest BCUT2D eigenvalue weighted by atomic mass is 10.1. The summed E-state index contributed by atoms with van der Waals surface area (Å²) in [6.07, 6.45) is -4.62. The first-order valence-electron chi connectivity index (χ1n) is 9.49. The number of H-pyrrole nitrogens is 1. The molecule has 0 radical (unpaired) electrons. The summed E-state index contributed by atoms with van der Waals surface area (Å²) in [5.74, 6) is 0.114. The zero-order valence-corrected chi connectivity index (χ0v) is 16.8. The topological polar surface area (TPSA) is 78.2 Å². The summed E-state index contributed by atoms with van der Waals surface area (Å²) in [5, 5.41) is 18.9. The fourth-order valence-electron chi connectivity index (χ4n) is 3.57. The molecule has 1 N–H and O–H groups in total. The number of anilines is 2. The standard InChI is InChI=1S/C19H16ClF3N8/c20-13-3-1-2-12(10-13)14-11-17(26-24-14)30-8-6-29(7-9-30)16-5-4-15-25-27-18(19(21,22)23)31(15)28-16/h1-5,10-11H,6-9H2,(H,24,26). The lowest BCUT2D eigenvalue weighted by molar-refractivity contribution is -0.146. The summed E-state index contributed by atoms with van der Waals surface area (Å²) >= 11 is 6.06. The van der Waals surface area contributed by atoms with Crippen LogP contribution in [0.5, 0.6) is 0 Å². The van der Waals surface area contributed by atoms with Gasteiger partial charge in [0.15, 0.2) is 11.5 Å². The highest BCUT2D eigenvalue weighted by atomic mass is 35.5. The molecule has 31 heavy (non-hydrogen) atoms. The summed E-state index contributed by atoms with van der Waals surface area (Å²) in [5.41, 5.74) is 1.86. The quantitative estimate of drug-likeness (QED) is 0.517. The summed E-state index contributed by atoms with van der Waals surface area (Å²) in [6, 6.07) is 12.6. The van der Waals surface area contributed by atoms with E-state index >= 15 is 0 Å². The van der Waals surface area contributed by atoms with Gasteiger partial charge in [-0.3, -0.25) is 5.10 Å². The van der Waals surface area contributed by atoms with E-state index in [0.29, 0.717) is 37.0 Å². The maximum absolute atomic E-state index is 13.1. The molecule has 3 aromatic heterocycles. The van der Waals surface area contributed by atoms with Crippen LogP contribution in [0.4, 0.5) is 24.8 Å². The minimum Gasteiger partial charge on any atom is -0.352 e. The number of halogens is 4. The van der Waals surface area contributed by atoms with Crippen molar-refractivity contribution in [1.29, 1.82) is 0 Å². The third-order valence-electron chi connectivity index (χ3n) is 5.13. The maximum Gasteiger partial charge on any atom is 0.453 e. The Labute approximate surface area is 179 Å². The van der Waals surface area contributed by atoms with E-state index in [9.17, 15) is 13.2 Å². The SMILES string of the molecule is FC(F)(F)c1nnc2ccc(N3CCN(c4cc(-c5cccc(Cl)c5)[nH]n4)CC3)nn12. The Kier molecular flexibility index (Phi) is 4.69. The van der Waals surface area contributed by atoms with Gasteiger partial charge in [-0.25, -0.2) is 0 Å². The Balaban J connectivity index is 1.31. The Bertz CT molecular complexity index is 1230. The number of aromatic nitrogens is 6. The van der Waals surface area contributed by atoms with Crippen molar-refractivity contribution in [3.63, 3.8) is 0 Å². The molecule has 1 fully saturated rings. The van der Waals surface area contributed by atoms with Crippen LogP contribution in [-0.2, 0) is 6.18 Å². The molecule has 160 valence electrons. The van der Waals surface area contributed by atoms with Crippen LogP contribution in [0, 0.1) is 0 Å². The van der Waals surface area contributed by atoms with Crippen LogP contribution >= 0.6 is 11.6 Å². The largest absolute Gasteiger partial charge is 0.453 e. The second-order valence-electron chi connectivity index (χ2n) is 7.11. The van der Waals surface area contributed by atoms with Crippen LogP contribution in [0.2, 0.25) is 5.02 Å². The first-order chi connectivity index (χ1) is 14.9. The van der Waals surface area contributed by atoms with Crippen molar-refractivity contribution in [2.45, 2.75) is 6.18 Å². The smallest absolute Gasteiger partial charge is 0.352 e. The van der Waals surface area contributed by atoms with Gasteiger partial charge in [-0.2, -0.15) is 22.8 Å². The summed E-state index contributed by atoms with van der Waals surface area (Å²) < 4.78 is 40.1. The first-order valence-corrected chi connectivity index (χ1v) is 9.87. The van der Waals surface area contributed by atoms with Gasteiger partial charge in [0.1, 0.15) is 5.82 Å². The van der Waals surface area contributed by atoms with E-state index in [4.69, 9.17) is 11.6 Å². The molecule has 0 bridgehead atoms. The molecule has 0 atom stereocenters. The van der Waals surface area contributed by atoms with E-state index in [1.807, 2.05) is 35.2 Å². The van der Waals surface area contributed by atoms with E-state index in [2.05, 4.69) is 30.4 Å². The van der Waals surface area contributed by atoms with Gasteiger partial charge in [0.25, 0.3) is 5.82 Å². The van der Waals surface area contributed by atoms with Gasteiger partial charge in [-0.15, -0.1) is 15.3 Å². The zero-order valence-electron chi connectivity index (χ0n) is 16.0. The van der Waals surface area contributed by atoms with Crippen LogP contribution in [0.1, 0.15) is 5.82 Å². The lowest BCUT2D eigenvalue weighted by Gasteiger charge is -2.35. The van der Waals surface area contributed by atoms with Crippen molar-refractivity contribution in [3.8, 4) is 11.3 Å². The summed E-state index contributed by atoms with van der Waals surface area (Å²) in [7, 11) is 0. The van der Waals surface area contributed by atoms with Crippen molar-refractivity contribution < 1.29 is 13.2 Å². The third kappa shape index (κ3) is 3.76. The Hall–Kier alpha value is -3.34. The maximum atomic E-state index is 13.1. The molecule has 5 rings (SSSR count). The Morgan fingerprint density at radius 2 is 1.65 bits per heavy atom. The van der Waals surface area contributed by atoms with Crippen molar-refractivity contribution in [2.75, 3.05) is 36.0 Å². The van der Waals surface area contributed by atoms with E-state index in [1.54, 1.807) is 6.07 Å². The van der Waals surface area contributed by atoms with Crippen molar-refractivity contribution in [3.05, 3.63) is 53.3 Å².